The molecule has 0 saturated carbocycles. The van der Waals surface area contributed by atoms with Crippen LogP contribution in [0.5, 0.6) is 0 Å². The van der Waals surface area contributed by atoms with Crippen LogP contribution in [-0.2, 0) is 9.53 Å². The van der Waals surface area contributed by atoms with Crippen LogP contribution in [0, 0.1) is 0 Å². The fourth-order valence-corrected chi connectivity index (χ4v) is 0.202. The summed E-state index contributed by atoms with van der Waals surface area (Å²) in [5, 5.41) is 2.64. The van der Waals surface area contributed by atoms with Gasteiger partial charge >= 0.3 is 5.97 Å². The Balaban J connectivity index is 0. The smallest absolute Gasteiger partial charge is 0.331 e. The highest BCUT2D eigenvalue weighted by Crippen LogP contribution is 1.72. The van der Waals surface area contributed by atoms with Crippen molar-refractivity contribution in [1.29, 1.82) is 0 Å². The van der Waals surface area contributed by atoms with Gasteiger partial charge in [-0.05, 0) is 7.05 Å². The first-order valence-electron chi connectivity index (χ1n) is 2.25. The Morgan fingerprint density at radius 2 is 2.44 bits per heavy atom. The summed E-state index contributed by atoms with van der Waals surface area (Å²) in [6, 6.07) is 0. The van der Waals surface area contributed by atoms with Gasteiger partial charge in [-0.25, -0.2) is 4.79 Å². The van der Waals surface area contributed by atoms with E-state index in [-0.39, 0.29) is 19.1 Å². The van der Waals surface area contributed by atoms with E-state index in [0.29, 0.717) is 0 Å². The van der Waals surface area contributed by atoms with Crippen molar-refractivity contribution in [3.05, 3.63) is 12.7 Å². The van der Waals surface area contributed by atoms with E-state index in [1.165, 1.54) is 0 Å². The zero-order valence-corrected chi connectivity index (χ0v) is 6.03. The van der Waals surface area contributed by atoms with Crippen molar-refractivity contribution in [2.75, 3.05) is 13.8 Å². The number of carbonyl (C=O) groups is 1. The average molecular weight is 152 g/mol. The highest BCUT2D eigenvalue weighted by Gasteiger charge is 1.88. The van der Waals surface area contributed by atoms with Crippen LogP contribution in [0.2, 0.25) is 0 Å². The fraction of sp³-hybridized carbons (Fsp3) is 0.400. The maximum Gasteiger partial charge on any atom is 0.331 e. The Morgan fingerprint density at radius 1 is 1.89 bits per heavy atom. The van der Waals surface area contributed by atoms with E-state index < -0.39 is 5.97 Å². The first-order valence-corrected chi connectivity index (χ1v) is 2.25. The van der Waals surface area contributed by atoms with Crippen LogP contribution < -0.4 is 5.32 Å². The maximum absolute atomic E-state index is 10.2. The molecule has 0 atom stereocenters. The molecular weight excluding hydrogens is 142 g/mol. The number of hydrogen-bond acceptors (Lipinski definition) is 3. The van der Waals surface area contributed by atoms with Gasteiger partial charge in [0.25, 0.3) is 0 Å². The van der Waals surface area contributed by atoms with Gasteiger partial charge in [-0.2, -0.15) is 0 Å². The van der Waals surface area contributed by atoms with Crippen molar-refractivity contribution in [3.63, 3.8) is 0 Å². The molecule has 0 aliphatic rings. The van der Waals surface area contributed by atoms with Crippen molar-refractivity contribution in [3.8, 4) is 0 Å². The molecule has 54 valence electrons. The van der Waals surface area contributed by atoms with Crippen molar-refractivity contribution in [2.24, 2.45) is 0 Å². The second-order valence-electron chi connectivity index (χ2n) is 1.17. The summed E-state index contributed by atoms with van der Waals surface area (Å²) in [7, 11) is 1.69. The third kappa shape index (κ3) is 7.46. The predicted molar refractivity (Wildman–Crippen MR) is 37.5 cm³/mol. The minimum atomic E-state index is -0.403. The lowest BCUT2D eigenvalue weighted by atomic mass is 10.7. The number of halogens is 1. The third-order valence-corrected chi connectivity index (χ3v) is 0.525. The number of ether oxygens (including phenoxy) is 1. The number of hydrogen-bond donors (Lipinski definition) is 1. The third-order valence-electron chi connectivity index (χ3n) is 0.525. The van der Waals surface area contributed by atoms with Gasteiger partial charge in [0.05, 0.1) is 0 Å². The van der Waals surface area contributed by atoms with E-state index in [4.69, 9.17) is 0 Å². The molecule has 0 radical (unpaired) electrons. The minimum absolute atomic E-state index is 0. The molecule has 0 aliphatic heterocycles. The van der Waals surface area contributed by atoms with E-state index in [0.717, 1.165) is 6.08 Å². The molecular formula is C5H10ClNO2. The van der Waals surface area contributed by atoms with Gasteiger partial charge in [0, 0.05) is 6.08 Å². The van der Waals surface area contributed by atoms with E-state index in [1.54, 1.807) is 7.05 Å². The highest BCUT2D eigenvalue weighted by atomic mass is 35.5. The normalized spacial score (nSPS) is 7.22. The molecule has 0 heterocycles. The standard InChI is InChI=1S/C5H9NO2.ClH/c1-3-5(7)8-4-6-2;/h3,6H,1,4H2,2H3;1H. The van der Waals surface area contributed by atoms with Gasteiger partial charge in [-0.1, -0.05) is 6.58 Å². The average Bonchev–Trinajstić information content (AvgIpc) is 1.83. The molecule has 0 unspecified atom stereocenters. The Kier molecular flexibility index (Phi) is 9.35. The van der Waals surface area contributed by atoms with Crippen molar-refractivity contribution in [2.45, 2.75) is 0 Å². The molecule has 0 saturated heterocycles. The summed E-state index contributed by atoms with van der Waals surface area (Å²) in [5.74, 6) is -0.403. The second-order valence-corrected chi connectivity index (χ2v) is 1.17. The van der Waals surface area contributed by atoms with E-state index in [1.807, 2.05) is 0 Å². The van der Waals surface area contributed by atoms with Crippen LogP contribution in [0.25, 0.3) is 0 Å². The van der Waals surface area contributed by atoms with Gasteiger partial charge in [-0.15, -0.1) is 12.4 Å². The van der Waals surface area contributed by atoms with E-state index in [9.17, 15) is 4.79 Å². The first kappa shape index (κ1) is 11.3. The quantitative estimate of drug-likeness (QED) is 0.359. The number of rotatable bonds is 3. The number of carbonyl (C=O) groups excluding carboxylic acids is 1. The molecule has 9 heavy (non-hydrogen) atoms. The second kappa shape index (κ2) is 7.46. The summed E-state index contributed by atoms with van der Waals surface area (Å²) in [6.07, 6.45) is 1.12. The van der Waals surface area contributed by atoms with Crippen molar-refractivity contribution in [1.82, 2.24) is 5.32 Å². The van der Waals surface area contributed by atoms with Crippen LogP contribution in [0.1, 0.15) is 0 Å². The molecule has 0 spiro atoms. The largest absolute Gasteiger partial charge is 0.447 e. The predicted octanol–water partition coefficient (Wildman–Crippen LogP) is 0.314. The topological polar surface area (TPSA) is 38.3 Å². The van der Waals surface area contributed by atoms with Gasteiger partial charge in [0.15, 0.2) is 0 Å². The summed E-state index contributed by atoms with van der Waals surface area (Å²) in [4.78, 5) is 10.2. The molecule has 4 heteroatoms. The molecule has 0 aliphatic carbocycles. The van der Waals surface area contributed by atoms with Gasteiger partial charge in [0.2, 0.25) is 0 Å². The van der Waals surface area contributed by atoms with Gasteiger partial charge in [-0.3, -0.25) is 5.32 Å². The Labute approximate surface area is 60.5 Å². The minimum Gasteiger partial charge on any atom is -0.447 e. The molecule has 0 fully saturated rings. The fourth-order valence-electron chi connectivity index (χ4n) is 0.202. The molecule has 0 bridgehead atoms. The Hall–Kier alpha value is -0.540. The lowest BCUT2D eigenvalue weighted by molar-refractivity contribution is -0.138. The van der Waals surface area contributed by atoms with Gasteiger partial charge < -0.3 is 4.74 Å². The monoisotopic (exact) mass is 151 g/mol. The maximum atomic E-state index is 10.2. The highest BCUT2D eigenvalue weighted by molar-refractivity contribution is 5.85. The molecule has 0 aromatic heterocycles. The lowest BCUT2D eigenvalue weighted by Gasteiger charge is -1.96. The molecule has 0 aromatic carbocycles. The zero-order chi connectivity index (χ0) is 6.41. The summed E-state index contributed by atoms with van der Waals surface area (Å²) in [5.41, 5.74) is 0. The van der Waals surface area contributed by atoms with E-state index >= 15 is 0 Å². The summed E-state index contributed by atoms with van der Waals surface area (Å²) < 4.78 is 4.47. The molecule has 1 N–H and O–H groups in total. The SMILES string of the molecule is C=CC(=O)OCNC.Cl. The zero-order valence-electron chi connectivity index (χ0n) is 5.22. The van der Waals surface area contributed by atoms with E-state index in [2.05, 4.69) is 16.6 Å². The number of nitrogens with one attached hydrogen (secondary N) is 1. The van der Waals surface area contributed by atoms with Crippen LogP contribution in [-0.4, -0.2) is 19.7 Å². The Morgan fingerprint density at radius 3 is 2.78 bits per heavy atom. The summed E-state index contributed by atoms with van der Waals surface area (Å²) in [6.45, 7) is 3.45. The summed E-state index contributed by atoms with van der Waals surface area (Å²) >= 11 is 0. The number of esters is 1. The van der Waals surface area contributed by atoms with Crippen molar-refractivity contribution >= 4 is 18.4 Å². The first-order chi connectivity index (χ1) is 3.81. The van der Waals surface area contributed by atoms with Crippen LogP contribution in [0.3, 0.4) is 0 Å². The Bertz CT molecular complexity index is 95.0. The van der Waals surface area contributed by atoms with Crippen LogP contribution >= 0.6 is 12.4 Å². The van der Waals surface area contributed by atoms with Crippen LogP contribution in [0.15, 0.2) is 12.7 Å². The van der Waals surface area contributed by atoms with Gasteiger partial charge in [0.1, 0.15) is 6.73 Å². The molecule has 0 aromatic rings. The molecule has 0 amide bonds. The molecule has 3 nitrogen and oxygen atoms in total. The van der Waals surface area contributed by atoms with Crippen molar-refractivity contribution < 1.29 is 9.53 Å². The molecule has 0 rings (SSSR count). The van der Waals surface area contributed by atoms with Crippen LogP contribution in [0.4, 0.5) is 0 Å². The lowest BCUT2D eigenvalue weighted by Crippen LogP contribution is -2.14.